The summed E-state index contributed by atoms with van der Waals surface area (Å²) in [5.74, 6) is -0.630. The summed E-state index contributed by atoms with van der Waals surface area (Å²) in [6, 6.07) is 7.53. The van der Waals surface area contributed by atoms with Crippen LogP contribution in [0.5, 0.6) is 5.95 Å². The number of anilines is 1. The number of benzene rings is 1. The first-order valence-electron chi connectivity index (χ1n) is 6.16. The molecule has 8 heteroatoms. The molecular weight excluding hydrogens is 292 g/mol. The van der Waals surface area contributed by atoms with Crippen molar-refractivity contribution in [3.63, 3.8) is 0 Å². The molecule has 0 radical (unpaired) electrons. The predicted octanol–water partition coefficient (Wildman–Crippen LogP) is 0.785. The van der Waals surface area contributed by atoms with E-state index in [4.69, 9.17) is 0 Å². The third kappa shape index (κ3) is 2.84. The van der Waals surface area contributed by atoms with Crippen molar-refractivity contribution >= 4 is 34.3 Å². The third-order valence-corrected chi connectivity index (χ3v) is 4.00. The van der Waals surface area contributed by atoms with Crippen molar-refractivity contribution in [1.29, 1.82) is 0 Å². The molecule has 1 amide bonds. The van der Waals surface area contributed by atoms with Gasteiger partial charge in [-0.25, -0.2) is 0 Å². The number of H-pyrrole nitrogens is 1. The summed E-state index contributed by atoms with van der Waals surface area (Å²) in [7, 11) is 1.59. The Morgan fingerprint density at radius 1 is 1.52 bits per heavy atom. The fourth-order valence-electron chi connectivity index (χ4n) is 1.92. The maximum atomic E-state index is 11.9. The Balaban J connectivity index is 1.63. The van der Waals surface area contributed by atoms with Gasteiger partial charge in [0.1, 0.15) is 0 Å². The first-order chi connectivity index (χ1) is 10.1. The van der Waals surface area contributed by atoms with Crippen LogP contribution >= 0.6 is 11.8 Å². The molecule has 0 fully saturated rings. The third-order valence-electron chi connectivity index (χ3n) is 2.89. The first kappa shape index (κ1) is 13.5. The fourth-order valence-corrected chi connectivity index (χ4v) is 2.64. The second kappa shape index (κ2) is 5.49. The lowest BCUT2D eigenvalue weighted by Gasteiger charge is -2.04. The number of fused-ring (bicyclic) bond motifs is 1. The maximum Gasteiger partial charge on any atom is 0.291 e. The highest BCUT2D eigenvalue weighted by molar-refractivity contribution is 7.99. The summed E-state index contributed by atoms with van der Waals surface area (Å²) < 4.78 is 5.80. The van der Waals surface area contributed by atoms with Gasteiger partial charge in [0.2, 0.25) is 5.91 Å². The number of nitrogens with one attached hydrogen (secondary N) is 2. The molecule has 0 spiro atoms. The summed E-state index contributed by atoms with van der Waals surface area (Å²) in [5.41, 5.74) is 1.72. The van der Waals surface area contributed by atoms with E-state index in [0.717, 1.165) is 22.7 Å². The van der Waals surface area contributed by atoms with E-state index in [0.29, 0.717) is 10.7 Å². The zero-order chi connectivity index (χ0) is 14.8. The van der Waals surface area contributed by atoms with Crippen LogP contribution in [0.25, 0.3) is 10.9 Å². The van der Waals surface area contributed by atoms with Gasteiger partial charge < -0.3 is 19.9 Å². The minimum atomic E-state index is -0.538. The average Bonchev–Trinajstić information content (AvgIpc) is 3.04. The van der Waals surface area contributed by atoms with E-state index in [9.17, 15) is 9.90 Å². The predicted molar refractivity (Wildman–Crippen MR) is 74.8 cm³/mol. The summed E-state index contributed by atoms with van der Waals surface area (Å²) >= 11 is 1.09. The molecule has 0 aliphatic carbocycles. The van der Waals surface area contributed by atoms with Crippen LogP contribution in [-0.4, -0.2) is 21.9 Å². The van der Waals surface area contributed by atoms with Crippen LogP contribution < -0.4 is 15.1 Å². The van der Waals surface area contributed by atoms with Gasteiger partial charge in [0.05, 0.1) is 11.0 Å². The molecule has 2 heterocycles. The molecule has 108 valence electrons. The second-order valence-corrected chi connectivity index (χ2v) is 5.37. The maximum absolute atomic E-state index is 11.9. The van der Waals surface area contributed by atoms with Crippen molar-refractivity contribution in [1.82, 2.24) is 10.3 Å². The van der Waals surface area contributed by atoms with Crippen LogP contribution in [0.4, 0.5) is 5.69 Å². The Morgan fingerprint density at radius 3 is 3.14 bits per heavy atom. The zero-order valence-corrected chi connectivity index (χ0v) is 11.9. The highest BCUT2D eigenvalue weighted by Gasteiger charge is 2.16. The molecule has 0 atom stereocenters. The molecule has 0 saturated heterocycles. The van der Waals surface area contributed by atoms with Crippen LogP contribution in [0.15, 0.2) is 40.0 Å². The first-order valence-corrected chi connectivity index (χ1v) is 7.15. The lowest BCUT2D eigenvalue weighted by atomic mass is 10.2. The SMILES string of the molecule is C[n+]1noc([O-])c1SCC(=O)Nc1ccc2[nH]ccc2c1. The summed E-state index contributed by atoms with van der Waals surface area (Å²) in [6.07, 6.45) is 1.84. The molecule has 2 aromatic heterocycles. The number of aromatic nitrogens is 3. The van der Waals surface area contributed by atoms with Crippen molar-refractivity contribution in [2.45, 2.75) is 5.03 Å². The molecule has 1 aromatic carbocycles. The van der Waals surface area contributed by atoms with Gasteiger partial charge in [-0.1, -0.05) is 4.68 Å². The van der Waals surface area contributed by atoms with Crippen molar-refractivity contribution in [3.05, 3.63) is 30.5 Å². The van der Waals surface area contributed by atoms with Crippen LogP contribution in [0.2, 0.25) is 0 Å². The van der Waals surface area contributed by atoms with Gasteiger partial charge in [0.15, 0.2) is 13.0 Å². The van der Waals surface area contributed by atoms with Crippen LogP contribution in [0.1, 0.15) is 0 Å². The molecule has 7 nitrogen and oxygen atoms in total. The van der Waals surface area contributed by atoms with Gasteiger partial charge in [-0.3, -0.25) is 4.79 Å². The Bertz CT molecular complexity index is 776. The molecule has 3 rings (SSSR count). The van der Waals surface area contributed by atoms with Crippen LogP contribution in [0.3, 0.4) is 0 Å². The van der Waals surface area contributed by atoms with Gasteiger partial charge in [0, 0.05) is 22.8 Å². The van der Waals surface area contributed by atoms with E-state index in [-0.39, 0.29) is 11.7 Å². The van der Waals surface area contributed by atoms with Crippen molar-refractivity contribution in [3.8, 4) is 5.95 Å². The highest BCUT2D eigenvalue weighted by Crippen LogP contribution is 2.22. The lowest BCUT2D eigenvalue weighted by molar-refractivity contribution is -0.772. The van der Waals surface area contributed by atoms with Crippen LogP contribution in [-0.2, 0) is 11.8 Å². The van der Waals surface area contributed by atoms with Crippen molar-refractivity contribution < 1.29 is 19.1 Å². The monoisotopic (exact) mass is 304 g/mol. The Morgan fingerprint density at radius 2 is 2.38 bits per heavy atom. The molecule has 0 aliphatic rings. The summed E-state index contributed by atoms with van der Waals surface area (Å²) in [6.45, 7) is 0. The number of hydrogen-bond donors (Lipinski definition) is 2. The molecule has 0 aliphatic heterocycles. The number of carbonyl (C=O) groups excluding carboxylic acids is 1. The normalized spacial score (nSPS) is 10.9. The summed E-state index contributed by atoms with van der Waals surface area (Å²) in [4.78, 5) is 15.0. The number of amides is 1. The van der Waals surface area contributed by atoms with E-state index in [1.54, 1.807) is 7.05 Å². The van der Waals surface area contributed by atoms with Crippen LogP contribution in [0, 0.1) is 0 Å². The van der Waals surface area contributed by atoms with E-state index >= 15 is 0 Å². The van der Waals surface area contributed by atoms with E-state index in [1.807, 2.05) is 30.5 Å². The Hall–Kier alpha value is -2.48. The summed E-state index contributed by atoms with van der Waals surface area (Å²) in [5, 5.41) is 18.9. The smallest absolute Gasteiger partial charge is 0.291 e. The molecule has 0 bridgehead atoms. The topological polar surface area (TPSA) is 97.9 Å². The number of aromatic amines is 1. The largest absolute Gasteiger partial charge is 0.538 e. The average molecular weight is 304 g/mol. The molecular formula is C13H12N4O3S. The molecule has 2 N–H and O–H groups in total. The highest BCUT2D eigenvalue weighted by atomic mass is 32.2. The number of hydrogen-bond acceptors (Lipinski definition) is 5. The second-order valence-electron chi connectivity index (χ2n) is 4.41. The van der Waals surface area contributed by atoms with Gasteiger partial charge in [-0.15, -0.1) is 0 Å². The standard InChI is InChI=1S/C13H12N4O3S/c1-17-12(13(19)20-16-17)21-7-11(18)15-9-2-3-10-8(6-9)4-5-14-10/h2-6,16,19H,7H2,1H3. The van der Waals surface area contributed by atoms with Gasteiger partial charge in [-0.05, 0) is 36.0 Å². The van der Waals surface area contributed by atoms with Crippen molar-refractivity contribution in [2.24, 2.45) is 7.05 Å². The number of carbonyl (C=O) groups is 1. The molecule has 3 aromatic rings. The number of aryl methyl sites for hydroxylation is 1. The van der Waals surface area contributed by atoms with Gasteiger partial charge in [-0.2, -0.15) is 0 Å². The van der Waals surface area contributed by atoms with E-state index < -0.39 is 5.95 Å². The van der Waals surface area contributed by atoms with E-state index in [2.05, 4.69) is 20.1 Å². The minimum Gasteiger partial charge on any atom is -0.538 e. The molecule has 0 saturated carbocycles. The van der Waals surface area contributed by atoms with Gasteiger partial charge in [0.25, 0.3) is 5.03 Å². The number of thioether (sulfide) groups is 1. The quantitative estimate of drug-likeness (QED) is 0.548. The van der Waals surface area contributed by atoms with E-state index in [1.165, 1.54) is 4.68 Å². The number of rotatable bonds is 4. The Labute approximate surface area is 123 Å². The Kier molecular flexibility index (Phi) is 3.53. The number of nitrogens with zero attached hydrogens (tertiary/aromatic N) is 2. The van der Waals surface area contributed by atoms with Crippen molar-refractivity contribution in [2.75, 3.05) is 11.1 Å². The lowest BCUT2D eigenvalue weighted by Crippen LogP contribution is -2.32. The van der Waals surface area contributed by atoms with Gasteiger partial charge >= 0.3 is 0 Å². The molecule has 0 unspecified atom stereocenters. The molecule has 21 heavy (non-hydrogen) atoms. The fraction of sp³-hybridized carbons (Fsp3) is 0.154. The zero-order valence-electron chi connectivity index (χ0n) is 11.1. The minimum absolute atomic E-state index is 0.107.